The smallest absolute Gasteiger partial charge is 0.291 e. The van der Waals surface area contributed by atoms with Gasteiger partial charge >= 0.3 is 0 Å². The Morgan fingerprint density at radius 2 is 1.92 bits per heavy atom. The molecule has 0 radical (unpaired) electrons. The molecule has 2 amide bonds. The molecule has 1 aromatic carbocycles. The second-order valence-electron chi connectivity index (χ2n) is 8.98. The maximum atomic E-state index is 13.5. The molecule has 11 heteroatoms. The number of halogens is 1. The number of carbonyl (C=O) groups is 2. The number of aromatic nitrogens is 1. The van der Waals surface area contributed by atoms with Crippen LogP contribution in [0.15, 0.2) is 39.9 Å². The Kier molecular flexibility index (Phi) is 8.34. The first-order chi connectivity index (χ1) is 17.0. The van der Waals surface area contributed by atoms with E-state index in [4.69, 9.17) is 4.42 Å². The van der Waals surface area contributed by atoms with E-state index in [0.29, 0.717) is 42.6 Å². The third-order valence-electron chi connectivity index (χ3n) is 6.05. The fourth-order valence-electron chi connectivity index (χ4n) is 3.94. The van der Waals surface area contributed by atoms with E-state index in [1.165, 1.54) is 37.6 Å². The minimum atomic E-state index is -1.46. The van der Waals surface area contributed by atoms with Crippen LogP contribution in [-0.4, -0.2) is 40.9 Å². The third kappa shape index (κ3) is 5.51. The van der Waals surface area contributed by atoms with Crippen molar-refractivity contribution in [2.24, 2.45) is 10.6 Å². The maximum Gasteiger partial charge on any atom is 0.291 e. The van der Waals surface area contributed by atoms with Crippen LogP contribution in [0.2, 0.25) is 0 Å². The van der Waals surface area contributed by atoms with E-state index < -0.39 is 28.1 Å². The van der Waals surface area contributed by atoms with Crippen molar-refractivity contribution in [3.05, 3.63) is 52.2 Å². The molecule has 1 atom stereocenters. The highest BCUT2D eigenvalue weighted by Crippen LogP contribution is 2.36. The predicted molar refractivity (Wildman–Crippen MR) is 137 cm³/mol. The molecule has 0 spiro atoms. The van der Waals surface area contributed by atoms with E-state index in [-0.39, 0.29) is 22.9 Å². The van der Waals surface area contributed by atoms with Gasteiger partial charge in [-0.3, -0.25) is 13.9 Å². The standard InChI is InChI=1S/C25H29FN4O5S/c1-6-15-14-18-19(22(31)27-4)20(16-8-10-17(26)11-9-16)35-23(18)28-21(15)30(36(5)34)13-7-12-25(2,3)24(32)29-33/h8-11,14H,6-7,12-13H2,1-5H3,(H,27,31). The number of benzene rings is 1. The van der Waals surface area contributed by atoms with Gasteiger partial charge in [-0.1, -0.05) is 20.8 Å². The number of pyridine rings is 1. The predicted octanol–water partition coefficient (Wildman–Crippen LogP) is 4.76. The summed E-state index contributed by atoms with van der Waals surface area (Å²) in [6.07, 6.45) is 2.89. The fourth-order valence-corrected chi connectivity index (χ4v) is 4.73. The van der Waals surface area contributed by atoms with Crippen molar-refractivity contribution in [1.29, 1.82) is 0 Å². The first-order valence-electron chi connectivity index (χ1n) is 11.5. The van der Waals surface area contributed by atoms with Crippen LogP contribution in [0.1, 0.15) is 49.5 Å². The van der Waals surface area contributed by atoms with Crippen molar-refractivity contribution < 1.29 is 22.6 Å². The minimum Gasteiger partial charge on any atom is -0.437 e. The summed E-state index contributed by atoms with van der Waals surface area (Å²) in [5.41, 5.74) is 0.787. The highest BCUT2D eigenvalue weighted by Gasteiger charge is 2.29. The average Bonchev–Trinajstić information content (AvgIpc) is 3.23. The number of carbonyl (C=O) groups excluding carboxylic acids is 2. The van der Waals surface area contributed by atoms with Crippen molar-refractivity contribution in [3.63, 3.8) is 0 Å². The highest BCUT2D eigenvalue weighted by molar-refractivity contribution is 7.85. The van der Waals surface area contributed by atoms with Crippen LogP contribution in [0.4, 0.5) is 10.2 Å². The lowest BCUT2D eigenvalue weighted by molar-refractivity contribution is -0.126. The number of nitrogens with one attached hydrogen (secondary N) is 1. The van der Waals surface area contributed by atoms with E-state index in [1.54, 1.807) is 24.2 Å². The first-order valence-corrected chi connectivity index (χ1v) is 13.0. The largest absolute Gasteiger partial charge is 0.437 e. The molecule has 36 heavy (non-hydrogen) atoms. The third-order valence-corrected chi connectivity index (χ3v) is 7.03. The molecule has 0 aliphatic heterocycles. The van der Waals surface area contributed by atoms with Gasteiger partial charge < -0.3 is 9.73 Å². The van der Waals surface area contributed by atoms with Crippen molar-refractivity contribution in [3.8, 4) is 11.3 Å². The normalized spacial score (nSPS) is 12.4. The van der Waals surface area contributed by atoms with Gasteiger partial charge in [-0.25, -0.2) is 8.60 Å². The van der Waals surface area contributed by atoms with Gasteiger partial charge in [0.2, 0.25) is 5.71 Å². The lowest BCUT2D eigenvalue weighted by Gasteiger charge is -2.25. The highest BCUT2D eigenvalue weighted by atomic mass is 32.2. The summed E-state index contributed by atoms with van der Waals surface area (Å²) in [6, 6.07) is 7.39. The number of hydrogen-bond donors (Lipinski definition) is 1. The first kappa shape index (κ1) is 27.1. The molecule has 3 aromatic rings. The lowest BCUT2D eigenvalue weighted by atomic mass is 9.87. The Hall–Kier alpha value is -3.47. The SMILES string of the molecule is CCc1cc2c(C(=O)NC)c(-c3ccc(F)cc3)oc2nc1N(CCCC(C)(C)C(=O)N=O)S(C)=O. The van der Waals surface area contributed by atoms with Gasteiger partial charge in [0.1, 0.15) is 28.4 Å². The Bertz CT molecular complexity index is 1320. The van der Waals surface area contributed by atoms with E-state index in [9.17, 15) is 23.1 Å². The van der Waals surface area contributed by atoms with Gasteiger partial charge in [-0.2, -0.15) is 4.98 Å². The van der Waals surface area contributed by atoms with Crippen molar-refractivity contribution in [2.45, 2.75) is 40.0 Å². The van der Waals surface area contributed by atoms with Gasteiger partial charge in [0.25, 0.3) is 11.8 Å². The van der Waals surface area contributed by atoms with Crippen LogP contribution in [0, 0.1) is 16.1 Å². The molecule has 2 heterocycles. The number of fused-ring (bicyclic) bond motifs is 1. The Labute approximate surface area is 211 Å². The molecule has 2 aromatic heterocycles. The Morgan fingerprint density at radius 1 is 1.25 bits per heavy atom. The van der Waals surface area contributed by atoms with E-state index >= 15 is 0 Å². The second kappa shape index (κ2) is 11.1. The van der Waals surface area contributed by atoms with Crippen LogP contribution in [0.5, 0.6) is 0 Å². The molecular weight excluding hydrogens is 487 g/mol. The topological polar surface area (TPSA) is 122 Å². The molecule has 9 nitrogen and oxygen atoms in total. The number of furan rings is 1. The molecule has 0 bridgehead atoms. The molecule has 1 unspecified atom stereocenters. The van der Waals surface area contributed by atoms with Gasteiger partial charge in [0.05, 0.1) is 10.9 Å². The monoisotopic (exact) mass is 516 g/mol. The number of aryl methyl sites for hydroxylation is 1. The molecular formula is C25H29FN4O5S. The van der Waals surface area contributed by atoms with Crippen LogP contribution < -0.4 is 9.62 Å². The summed E-state index contributed by atoms with van der Waals surface area (Å²) >= 11 is 0. The Balaban J connectivity index is 2.08. The average molecular weight is 517 g/mol. The number of hydrogen-bond acceptors (Lipinski definition) is 6. The van der Waals surface area contributed by atoms with Crippen molar-refractivity contribution in [2.75, 3.05) is 24.2 Å². The van der Waals surface area contributed by atoms with Crippen LogP contribution in [0.25, 0.3) is 22.4 Å². The molecule has 0 fully saturated rings. The summed E-state index contributed by atoms with van der Waals surface area (Å²) in [6.45, 7) is 5.51. The van der Waals surface area contributed by atoms with E-state index in [0.717, 1.165) is 5.56 Å². The van der Waals surface area contributed by atoms with Crippen LogP contribution in [-0.2, 0) is 22.2 Å². The minimum absolute atomic E-state index is 0.177. The molecule has 0 saturated carbocycles. The quantitative estimate of drug-likeness (QED) is 0.388. The van der Waals surface area contributed by atoms with E-state index in [1.807, 2.05) is 6.92 Å². The zero-order chi connectivity index (χ0) is 26.6. The number of nitroso groups, excluding NO2 is 1. The number of anilines is 1. The molecule has 0 saturated heterocycles. The summed E-state index contributed by atoms with van der Waals surface area (Å²) in [5.74, 6) is -0.838. The molecule has 3 rings (SSSR count). The summed E-state index contributed by atoms with van der Waals surface area (Å²) < 4.78 is 33.8. The molecule has 0 aliphatic carbocycles. The second-order valence-corrected chi connectivity index (χ2v) is 10.3. The fraction of sp³-hybridized carbons (Fsp3) is 0.400. The number of amides is 2. The van der Waals surface area contributed by atoms with Gasteiger partial charge in [0, 0.05) is 36.0 Å². The molecule has 0 aliphatic rings. The maximum absolute atomic E-state index is 13.5. The van der Waals surface area contributed by atoms with Crippen molar-refractivity contribution in [1.82, 2.24) is 10.3 Å². The number of nitrogens with zero attached hydrogens (tertiary/aromatic N) is 3. The zero-order valence-electron chi connectivity index (χ0n) is 20.9. The molecule has 1 N–H and O–H groups in total. The van der Waals surface area contributed by atoms with Gasteiger partial charge in [-0.05, 0) is 55.2 Å². The van der Waals surface area contributed by atoms with E-state index in [2.05, 4.69) is 15.5 Å². The number of rotatable bonds is 10. The van der Waals surface area contributed by atoms with Crippen LogP contribution >= 0.6 is 0 Å². The molecule has 192 valence electrons. The Morgan fingerprint density at radius 3 is 2.47 bits per heavy atom. The zero-order valence-corrected chi connectivity index (χ0v) is 21.7. The van der Waals surface area contributed by atoms with Crippen molar-refractivity contribution >= 4 is 39.7 Å². The lowest BCUT2D eigenvalue weighted by Crippen LogP contribution is -2.30. The van der Waals surface area contributed by atoms with Gasteiger partial charge in [0.15, 0.2) is 0 Å². The summed E-state index contributed by atoms with van der Waals surface area (Å²) in [7, 11) is 0.0471. The van der Waals surface area contributed by atoms with Gasteiger partial charge in [-0.15, -0.1) is 4.91 Å². The van der Waals surface area contributed by atoms with Crippen LogP contribution in [0.3, 0.4) is 0 Å². The summed E-state index contributed by atoms with van der Waals surface area (Å²) in [5, 5.41) is 5.63. The summed E-state index contributed by atoms with van der Waals surface area (Å²) in [4.78, 5) is 39.9.